The summed E-state index contributed by atoms with van der Waals surface area (Å²) in [6, 6.07) is 15.7. The van der Waals surface area contributed by atoms with Crippen LogP contribution in [0.2, 0.25) is 0 Å². The van der Waals surface area contributed by atoms with Gasteiger partial charge in [0.25, 0.3) is 16.8 Å². The molecule has 11 heteroatoms. The quantitative estimate of drug-likeness (QED) is 0.159. The SMILES string of the molecule is O=C1S/C(=C/c2cc(Br)c(OCc3ccccc3F)c(Br)c2)C(=O)N1Cc1ccccc1[N+](=O)[O-]. The molecule has 0 spiro atoms. The lowest BCUT2D eigenvalue weighted by molar-refractivity contribution is -0.385. The number of benzene rings is 3. The van der Waals surface area contributed by atoms with Gasteiger partial charge in [0.05, 0.1) is 25.3 Å². The second-order valence-electron chi connectivity index (χ2n) is 7.35. The molecule has 0 unspecified atom stereocenters. The van der Waals surface area contributed by atoms with Crippen molar-refractivity contribution in [2.45, 2.75) is 13.2 Å². The van der Waals surface area contributed by atoms with E-state index in [0.29, 0.717) is 25.8 Å². The van der Waals surface area contributed by atoms with Crippen LogP contribution in [0.1, 0.15) is 16.7 Å². The summed E-state index contributed by atoms with van der Waals surface area (Å²) in [5.74, 6) is -0.451. The number of carbonyl (C=O) groups is 2. The molecule has 0 N–H and O–H groups in total. The lowest BCUT2D eigenvalue weighted by Gasteiger charge is -2.13. The van der Waals surface area contributed by atoms with Gasteiger partial charge in [-0.2, -0.15) is 0 Å². The van der Waals surface area contributed by atoms with E-state index < -0.39 is 16.1 Å². The van der Waals surface area contributed by atoms with Crippen molar-refractivity contribution in [2.24, 2.45) is 0 Å². The number of para-hydroxylation sites is 1. The minimum Gasteiger partial charge on any atom is -0.486 e. The van der Waals surface area contributed by atoms with Crippen LogP contribution in [0.25, 0.3) is 6.08 Å². The maximum Gasteiger partial charge on any atom is 0.293 e. The third kappa shape index (κ3) is 5.63. The molecule has 0 atom stereocenters. The van der Waals surface area contributed by atoms with Gasteiger partial charge < -0.3 is 4.74 Å². The summed E-state index contributed by atoms with van der Waals surface area (Å²) in [7, 11) is 0. The van der Waals surface area contributed by atoms with Crippen molar-refractivity contribution < 1.29 is 23.6 Å². The van der Waals surface area contributed by atoms with E-state index in [2.05, 4.69) is 31.9 Å². The highest BCUT2D eigenvalue weighted by atomic mass is 79.9. The lowest BCUT2D eigenvalue weighted by Crippen LogP contribution is -2.27. The number of nitro groups is 1. The summed E-state index contributed by atoms with van der Waals surface area (Å²) >= 11 is 7.63. The Kier molecular flexibility index (Phi) is 7.68. The number of amides is 2. The summed E-state index contributed by atoms with van der Waals surface area (Å²) in [5, 5.41) is 10.8. The van der Waals surface area contributed by atoms with Gasteiger partial charge in [0.15, 0.2) is 0 Å². The average Bonchev–Trinajstić information content (AvgIpc) is 3.07. The summed E-state index contributed by atoms with van der Waals surface area (Å²) in [6.45, 7) is -0.177. The second kappa shape index (κ2) is 10.7. The molecule has 7 nitrogen and oxygen atoms in total. The van der Waals surface area contributed by atoms with Crippen LogP contribution in [0.3, 0.4) is 0 Å². The first-order valence-corrected chi connectivity index (χ1v) is 12.5. The predicted molar refractivity (Wildman–Crippen MR) is 137 cm³/mol. The van der Waals surface area contributed by atoms with E-state index in [1.807, 2.05) is 0 Å². The number of hydrogen-bond acceptors (Lipinski definition) is 6. The van der Waals surface area contributed by atoms with Crippen LogP contribution >= 0.6 is 43.6 Å². The zero-order chi connectivity index (χ0) is 25.1. The number of thioether (sulfide) groups is 1. The maximum atomic E-state index is 13.9. The summed E-state index contributed by atoms with van der Waals surface area (Å²) in [5.41, 5.74) is 1.12. The number of halogens is 3. The fraction of sp³-hybridized carbons (Fsp3) is 0.0833. The molecule has 0 bridgehead atoms. The number of carbonyl (C=O) groups excluding carboxylic acids is 2. The van der Waals surface area contributed by atoms with Crippen molar-refractivity contribution in [3.05, 3.63) is 107 Å². The Bertz CT molecular complexity index is 1360. The average molecular weight is 622 g/mol. The van der Waals surface area contributed by atoms with E-state index in [1.54, 1.807) is 42.5 Å². The van der Waals surface area contributed by atoms with Crippen LogP contribution in [-0.2, 0) is 17.9 Å². The first-order valence-electron chi connectivity index (χ1n) is 10.1. The molecule has 3 aromatic rings. The Labute approximate surface area is 220 Å². The van der Waals surface area contributed by atoms with Gasteiger partial charge in [-0.05, 0) is 73.5 Å². The predicted octanol–water partition coefficient (Wildman–Crippen LogP) is 7.07. The zero-order valence-corrected chi connectivity index (χ0v) is 21.7. The molecule has 0 aromatic heterocycles. The molecule has 35 heavy (non-hydrogen) atoms. The maximum absolute atomic E-state index is 13.9. The summed E-state index contributed by atoms with van der Waals surface area (Å²) in [4.78, 5) is 37.3. The van der Waals surface area contributed by atoms with E-state index in [-0.39, 0.29) is 35.1 Å². The molecule has 2 amide bonds. The van der Waals surface area contributed by atoms with Gasteiger partial charge in [-0.3, -0.25) is 24.6 Å². The fourth-order valence-corrected chi connectivity index (χ4v) is 5.64. The molecule has 4 rings (SSSR count). The minimum atomic E-state index is -0.547. The van der Waals surface area contributed by atoms with Crippen LogP contribution in [-0.4, -0.2) is 21.0 Å². The summed E-state index contributed by atoms with van der Waals surface area (Å²) in [6.07, 6.45) is 1.56. The van der Waals surface area contributed by atoms with Crippen molar-refractivity contribution in [3.8, 4) is 5.75 Å². The first kappa shape index (κ1) is 25.1. The van der Waals surface area contributed by atoms with Gasteiger partial charge in [-0.25, -0.2) is 4.39 Å². The smallest absolute Gasteiger partial charge is 0.293 e. The summed E-state index contributed by atoms with van der Waals surface area (Å²) < 4.78 is 20.8. The highest BCUT2D eigenvalue weighted by molar-refractivity contribution is 9.11. The Balaban J connectivity index is 1.53. The van der Waals surface area contributed by atoms with Crippen molar-refractivity contribution in [2.75, 3.05) is 0 Å². The Hall–Kier alpha value is -3.02. The van der Waals surface area contributed by atoms with E-state index in [0.717, 1.165) is 16.7 Å². The molecular weight excluding hydrogens is 607 g/mol. The normalized spacial score (nSPS) is 14.6. The zero-order valence-electron chi connectivity index (χ0n) is 17.7. The molecular formula is C24H15Br2FN2O5S. The van der Waals surface area contributed by atoms with Gasteiger partial charge in [0, 0.05) is 17.2 Å². The molecule has 178 valence electrons. The molecule has 1 aliphatic rings. The van der Waals surface area contributed by atoms with Crippen LogP contribution in [0.5, 0.6) is 5.75 Å². The number of hydrogen-bond donors (Lipinski definition) is 0. The number of ether oxygens (including phenoxy) is 1. The third-order valence-corrected chi connectivity index (χ3v) is 7.12. The van der Waals surface area contributed by atoms with E-state index >= 15 is 0 Å². The fourth-order valence-electron chi connectivity index (χ4n) is 3.35. The molecule has 0 saturated carbocycles. The molecule has 1 aliphatic heterocycles. The van der Waals surface area contributed by atoms with Crippen LogP contribution in [0, 0.1) is 15.9 Å². The Morgan fingerprint density at radius 3 is 2.31 bits per heavy atom. The minimum absolute atomic E-state index is 0.0216. The van der Waals surface area contributed by atoms with E-state index in [9.17, 15) is 24.1 Å². The largest absolute Gasteiger partial charge is 0.486 e. The molecule has 1 saturated heterocycles. The Morgan fingerprint density at radius 2 is 1.66 bits per heavy atom. The second-order valence-corrected chi connectivity index (χ2v) is 10.0. The molecule has 0 aliphatic carbocycles. The molecule has 3 aromatic carbocycles. The van der Waals surface area contributed by atoms with Crippen LogP contribution < -0.4 is 4.74 Å². The number of imide groups is 1. The number of nitrogens with zero attached hydrogens (tertiary/aromatic N) is 2. The van der Waals surface area contributed by atoms with E-state index in [4.69, 9.17) is 4.74 Å². The van der Waals surface area contributed by atoms with Crippen molar-refractivity contribution in [3.63, 3.8) is 0 Å². The van der Waals surface area contributed by atoms with Gasteiger partial charge >= 0.3 is 0 Å². The highest BCUT2D eigenvalue weighted by Crippen LogP contribution is 2.39. The lowest BCUT2D eigenvalue weighted by atomic mass is 10.1. The van der Waals surface area contributed by atoms with Crippen molar-refractivity contribution in [1.29, 1.82) is 0 Å². The third-order valence-electron chi connectivity index (χ3n) is 5.04. The van der Waals surface area contributed by atoms with Gasteiger partial charge in [-0.1, -0.05) is 36.4 Å². The molecule has 0 radical (unpaired) electrons. The Morgan fingerprint density at radius 1 is 1.03 bits per heavy atom. The topological polar surface area (TPSA) is 89.8 Å². The number of nitro benzene ring substituents is 1. The first-order chi connectivity index (χ1) is 16.7. The van der Waals surface area contributed by atoms with Gasteiger partial charge in [0.2, 0.25) is 0 Å². The molecule has 1 heterocycles. The molecule has 1 fully saturated rings. The number of rotatable bonds is 7. The monoisotopic (exact) mass is 620 g/mol. The van der Waals surface area contributed by atoms with Gasteiger partial charge in [-0.15, -0.1) is 0 Å². The van der Waals surface area contributed by atoms with Crippen molar-refractivity contribution in [1.82, 2.24) is 4.90 Å². The van der Waals surface area contributed by atoms with Crippen LogP contribution in [0.15, 0.2) is 74.5 Å². The van der Waals surface area contributed by atoms with Crippen LogP contribution in [0.4, 0.5) is 14.9 Å². The van der Waals surface area contributed by atoms with Gasteiger partial charge in [0.1, 0.15) is 18.2 Å². The van der Waals surface area contributed by atoms with E-state index in [1.165, 1.54) is 24.3 Å². The standard InChI is InChI=1S/C24H15Br2FN2O5S/c25-17-9-14(10-18(26)22(17)34-13-16-6-1-3-7-19(16)27)11-21-23(30)28(24(31)35-21)12-15-5-2-4-8-20(15)29(32)33/h1-11H,12-13H2/b21-11+. The van der Waals surface area contributed by atoms with Crippen molar-refractivity contribution >= 4 is 66.5 Å². The highest BCUT2D eigenvalue weighted by Gasteiger charge is 2.36.